The van der Waals surface area contributed by atoms with E-state index in [9.17, 15) is 4.79 Å². The molecule has 2 atom stereocenters. The van der Waals surface area contributed by atoms with Gasteiger partial charge in [0.05, 0.1) is 4.47 Å². The van der Waals surface area contributed by atoms with Crippen molar-refractivity contribution < 1.29 is 4.79 Å². The van der Waals surface area contributed by atoms with Crippen LogP contribution >= 0.6 is 15.9 Å². The van der Waals surface area contributed by atoms with Crippen LogP contribution in [-0.2, 0) is 7.05 Å². The van der Waals surface area contributed by atoms with Crippen molar-refractivity contribution in [1.29, 1.82) is 0 Å². The van der Waals surface area contributed by atoms with Gasteiger partial charge in [0.2, 0.25) is 0 Å². The van der Waals surface area contributed by atoms with Crippen molar-refractivity contribution >= 4 is 21.8 Å². The SMILES string of the molecule is CC[C@@H](C)N(C(=O)c1nn(C)cc1Br)[C@H](C)CC. The van der Waals surface area contributed by atoms with Gasteiger partial charge >= 0.3 is 0 Å². The lowest BCUT2D eigenvalue weighted by atomic mass is 10.1. The lowest BCUT2D eigenvalue weighted by molar-refractivity contribution is 0.0590. The number of hydrogen-bond donors (Lipinski definition) is 0. The van der Waals surface area contributed by atoms with Gasteiger partial charge in [-0.1, -0.05) is 13.8 Å². The molecular weight excluding hydrogens is 294 g/mol. The zero-order valence-electron chi connectivity index (χ0n) is 11.8. The van der Waals surface area contributed by atoms with Gasteiger partial charge in [-0.25, -0.2) is 0 Å². The highest BCUT2D eigenvalue weighted by atomic mass is 79.9. The summed E-state index contributed by atoms with van der Waals surface area (Å²) in [6.45, 7) is 8.36. The molecule has 1 aromatic rings. The van der Waals surface area contributed by atoms with Crippen LogP contribution in [0.5, 0.6) is 0 Å². The highest BCUT2D eigenvalue weighted by Gasteiger charge is 2.27. The smallest absolute Gasteiger partial charge is 0.276 e. The highest BCUT2D eigenvalue weighted by molar-refractivity contribution is 9.10. The fourth-order valence-corrected chi connectivity index (χ4v) is 2.50. The van der Waals surface area contributed by atoms with Crippen molar-refractivity contribution in [1.82, 2.24) is 14.7 Å². The molecule has 1 heterocycles. The molecule has 0 N–H and O–H groups in total. The number of carbonyl (C=O) groups excluding carboxylic acids is 1. The molecule has 0 bridgehead atoms. The summed E-state index contributed by atoms with van der Waals surface area (Å²) < 4.78 is 2.41. The average Bonchev–Trinajstić information content (AvgIpc) is 2.67. The van der Waals surface area contributed by atoms with Gasteiger partial charge in [-0.15, -0.1) is 0 Å². The van der Waals surface area contributed by atoms with Crippen LogP contribution in [0.2, 0.25) is 0 Å². The van der Waals surface area contributed by atoms with Crippen LogP contribution in [0.3, 0.4) is 0 Å². The van der Waals surface area contributed by atoms with Crippen LogP contribution in [0.1, 0.15) is 51.0 Å². The van der Waals surface area contributed by atoms with Gasteiger partial charge < -0.3 is 4.90 Å². The van der Waals surface area contributed by atoms with Crippen LogP contribution in [0.4, 0.5) is 0 Å². The summed E-state index contributed by atoms with van der Waals surface area (Å²) in [5, 5.41) is 4.24. The van der Waals surface area contributed by atoms with E-state index < -0.39 is 0 Å². The van der Waals surface area contributed by atoms with Gasteiger partial charge in [0.15, 0.2) is 5.69 Å². The van der Waals surface area contributed by atoms with E-state index in [1.165, 1.54) is 0 Å². The number of aryl methyl sites for hydroxylation is 1. The van der Waals surface area contributed by atoms with Gasteiger partial charge in [0, 0.05) is 25.3 Å². The van der Waals surface area contributed by atoms with E-state index >= 15 is 0 Å². The van der Waals surface area contributed by atoms with Crippen LogP contribution in [0.15, 0.2) is 10.7 Å². The second-order valence-corrected chi connectivity index (χ2v) is 5.58. The molecule has 0 aromatic carbocycles. The Morgan fingerprint density at radius 1 is 1.39 bits per heavy atom. The molecule has 0 aliphatic carbocycles. The predicted octanol–water partition coefficient (Wildman–Crippen LogP) is 3.22. The molecule has 1 aromatic heterocycles. The Bertz CT molecular complexity index is 406. The minimum atomic E-state index is 0.00572. The van der Waals surface area contributed by atoms with Crippen molar-refractivity contribution in [3.05, 3.63) is 16.4 Å². The number of hydrogen-bond acceptors (Lipinski definition) is 2. The second-order valence-electron chi connectivity index (χ2n) is 4.73. The van der Waals surface area contributed by atoms with Crippen molar-refractivity contribution in [3.63, 3.8) is 0 Å². The molecule has 1 amide bonds. The molecular formula is C13H22BrN3O. The normalized spacial score (nSPS) is 14.3. The number of nitrogens with zero attached hydrogens (tertiary/aromatic N) is 3. The van der Waals surface area contributed by atoms with E-state index in [0.717, 1.165) is 17.3 Å². The fourth-order valence-electron chi connectivity index (χ4n) is 1.95. The first-order valence-corrected chi connectivity index (χ1v) is 7.23. The molecule has 0 saturated heterocycles. The van der Waals surface area contributed by atoms with Crippen LogP contribution in [-0.4, -0.2) is 32.7 Å². The van der Waals surface area contributed by atoms with E-state index in [2.05, 4.69) is 48.7 Å². The molecule has 1 rings (SSSR count). The van der Waals surface area contributed by atoms with Crippen molar-refractivity contribution in [2.45, 2.75) is 52.6 Å². The molecule has 18 heavy (non-hydrogen) atoms. The zero-order chi connectivity index (χ0) is 13.9. The van der Waals surface area contributed by atoms with Gasteiger partial charge in [-0.2, -0.15) is 5.10 Å². The average molecular weight is 316 g/mol. The number of halogens is 1. The molecule has 0 unspecified atom stereocenters. The zero-order valence-corrected chi connectivity index (χ0v) is 13.4. The Morgan fingerprint density at radius 3 is 2.22 bits per heavy atom. The van der Waals surface area contributed by atoms with Crippen molar-refractivity contribution in [2.24, 2.45) is 7.05 Å². The third-order valence-electron chi connectivity index (χ3n) is 3.35. The summed E-state index contributed by atoms with van der Waals surface area (Å²) in [7, 11) is 1.82. The Kier molecular flexibility index (Phi) is 5.38. The van der Waals surface area contributed by atoms with E-state index in [1.54, 1.807) is 10.9 Å². The Morgan fingerprint density at radius 2 is 1.89 bits per heavy atom. The van der Waals surface area contributed by atoms with Crippen LogP contribution in [0, 0.1) is 0 Å². The minimum Gasteiger partial charge on any atom is -0.332 e. The number of carbonyl (C=O) groups is 1. The third-order valence-corrected chi connectivity index (χ3v) is 3.93. The molecule has 0 aliphatic heterocycles. The first kappa shape index (κ1) is 15.2. The van der Waals surface area contributed by atoms with Crippen molar-refractivity contribution in [2.75, 3.05) is 0 Å². The Hall–Kier alpha value is -0.840. The van der Waals surface area contributed by atoms with E-state index in [1.807, 2.05) is 11.9 Å². The van der Waals surface area contributed by atoms with Gasteiger partial charge in [-0.3, -0.25) is 9.48 Å². The standard InChI is InChI=1S/C13H22BrN3O/c1-6-9(3)17(10(4)7-2)13(18)12-11(14)8-16(5)15-12/h8-10H,6-7H2,1-5H3/t9-,10-/m1/s1. The first-order chi connectivity index (χ1) is 8.42. The highest BCUT2D eigenvalue weighted by Crippen LogP contribution is 2.21. The molecule has 0 aliphatic rings. The molecule has 0 fully saturated rings. The predicted molar refractivity (Wildman–Crippen MR) is 76.6 cm³/mol. The monoisotopic (exact) mass is 315 g/mol. The minimum absolute atomic E-state index is 0.00572. The van der Waals surface area contributed by atoms with Crippen molar-refractivity contribution in [3.8, 4) is 0 Å². The molecule has 0 saturated carbocycles. The number of amides is 1. The molecule has 4 nitrogen and oxygen atoms in total. The lowest BCUT2D eigenvalue weighted by Crippen LogP contribution is -2.44. The Balaban J connectivity index is 3.06. The molecule has 0 spiro atoms. The summed E-state index contributed by atoms with van der Waals surface area (Å²) in [6.07, 6.45) is 3.69. The summed E-state index contributed by atoms with van der Waals surface area (Å²) >= 11 is 3.40. The van der Waals surface area contributed by atoms with E-state index in [-0.39, 0.29) is 18.0 Å². The summed E-state index contributed by atoms with van der Waals surface area (Å²) in [5.41, 5.74) is 0.498. The molecule has 102 valence electrons. The largest absolute Gasteiger partial charge is 0.332 e. The lowest BCUT2D eigenvalue weighted by Gasteiger charge is -2.33. The molecule has 5 heteroatoms. The third kappa shape index (κ3) is 3.13. The molecule has 0 radical (unpaired) electrons. The van der Waals surface area contributed by atoms with Gasteiger partial charge in [0.1, 0.15) is 0 Å². The van der Waals surface area contributed by atoms with Gasteiger partial charge in [0.25, 0.3) is 5.91 Å². The summed E-state index contributed by atoms with van der Waals surface area (Å²) in [4.78, 5) is 14.5. The fraction of sp³-hybridized carbons (Fsp3) is 0.692. The number of rotatable bonds is 5. The summed E-state index contributed by atoms with van der Waals surface area (Å²) in [6, 6.07) is 0.447. The topological polar surface area (TPSA) is 38.1 Å². The maximum absolute atomic E-state index is 12.6. The second kappa shape index (κ2) is 6.36. The first-order valence-electron chi connectivity index (χ1n) is 6.44. The quantitative estimate of drug-likeness (QED) is 0.836. The summed E-state index contributed by atoms with van der Waals surface area (Å²) in [5.74, 6) is 0.00572. The maximum atomic E-state index is 12.6. The maximum Gasteiger partial charge on any atom is 0.276 e. The van der Waals surface area contributed by atoms with Crippen LogP contribution in [0.25, 0.3) is 0 Å². The van der Waals surface area contributed by atoms with E-state index in [4.69, 9.17) is 0 Å². The number of aromatic nitrogens is 2. The Labute approximate surface area is 117 Å². The van der Waals surface area contributed by atoms with Gasteiger partial charge in [-0.05, 0) is 42.6 Å². The van der Waals surface area contributed by atoms with E-state index in [0.29, 0.717) is 5.69 Å². The van der Waals surface area contributed by atoms with Crippen LogP contribution < -0.4 is 0 Å².